The van der Waals surface area contributed by atoms with Gasteiger partial charge in [-0.2, -0.15) is 0 Å². The number of carboxylic acids is 1. The molecule has 0 heterocycles. The Kier molecular flexibility index (Phi) is 1.39. The summed E-state index contributed by atoms with van der Waals surface area (Å²) in [6, 6.07) is 0. The van der Waals surface area contributed by atoms with Gasteiger partial charge in [-0.15, -0.1) is 0 Å². The summed E-state index contributed by atoms with van der Waals surface area (Å²) >= 11 is 0. The molecule has 2 nitrogen and oxygen atoms in total. The van der Waals surface area contributed by atoms with Gasteiger partial charge in [-0.25, -0.2) is 4.79 Å². The van der Waals surface area contributed by atoms with Crippen molar-refractivity contribution >= 4 is 5.97 Å². The lowest BCUT2D eigenvalue weighted by molar-refractivity contribution is -0.132. The van der Waals surface area contributed by atoms with Crippen molar-refractivity contribution in [3.8, 4) is 0 Å². The SMILES string of the molecule is CC1(C)[C@@H]2CC=C(C(=O)O)C[C@@H]21. The standard InChI is InChI=1S/C10H14O2/c1-10(2)7-4-3-6(9(11)12)5-8(7)10/h3,7-8H,4-5H2,1-2H3,(H,11,12)/t7-,8+/m1/s1. The number of rotatable bonds is 1. The van der Waals surface area contributed by atoms with E-state index >= 15 is 0 Å². The second-order valence-corrected chi connectivity index (χ2v) is 4.51. The first-order chi connectivity index (χ1) is 5.53. The normalized spacial score (nSPS) is 36.7. The van der Waals surface area contributed by atoms with E-state index in [1.165, 1.54) is 0 Å². The molecule has 0 bridgehead atoms. The lowest BCUT2D eigenvalue weighted by Gasteiger charge is -2.06. The highest BCUT2D eigenvalue weighted by molar-refractivity contribution is 5.87. The molecule has 0 aliphatic heterocycles. The van der Waals surface area contributed by atoms with Gasteiger partial charge in [-0.1, -0.05) is 19.9 Å². The molecular formula is C10H14O2. The highest BCUT2D eigenvalue weighted by Crippen LogP contribution is 2.64. The van der Waals surface area contributed by atoms with E-state index in [-0.39, 0.29) is 0 Å². The van der Waals surface area contributed by atoms with Crippen molar-refractivity contribution in [2.45, 2.75) is 26.7 Å². The Morgan fingerprint density at radius 3 is 2.75 bits per heavy atom. The average Bonchev–Trinajstić information content (AvgIpc) is 2.55. The van der Waals surface area contributed by atoms with Crippen molar-refractivity contribution in [3.05, 3.63) is 11.6 Å². The maximum Gasteiger partial charge on any atom is 0.331 e. The van der Waals surface area contributed by atoms with Gasteiger partial charge in [-0.3, -0.25) is 0 Å². The lowest BCUT2D eigenvalue weighted by atomic mass is 10.00. The smallest absolute Gasteiger partial charge is 0.331 e. The molecule has 0 amide bonds. The Morgan fingerprint density at radius 1 is 1.58 bits per heavy atom. The van der Waals surface area contributed by atoms with E-state index in [2.05, 4.69) is 13.8 Å². The van der Waals surface area contributed by atoms with E-state index in [9.17, 15) is 4.79 Å². The molecule has 0 aromatic heterocycles. The topological polar surface area (TPSA) is 37.3 Å². The van der Waals surface area contributed by atoms with Crippen LogP contribution in [0.1, 0.15) is 26.7 Å². The van der Waals surface area contributed by atoms with Gasteiger partial charge in [0, 0.05) is 5.57 Å². The summed E-state index contributed by atoms with van der Waals surface area (Å²) < 4.78 is 0. The van der Waals surface area contributed by atoms with Gasteiger partial charge in [0.15, 0.2) is 0 Å². The molecule has 2 rings (SSSR count). The molecule has 12 heavy (non-hydrogen) atoms. The summed E-state index contributed by atoms with van der Waals surface area (Å²) in [5, 5.41) is 8.78. The predicted molar refractivity (Wildman–Crippen MR) is 45.7 cm³/mol. The molecule has 66 valence electrons. The first-order valence-corrected chi connectivity index (χ1v) is 4.46. The fourth-order valence-electron chi connectivity index (χ4n) is 2.49. The van der Waals surface area contributed by atoms with Crippen LogP contribution in [0.5, 0.6) is 0 Å². The van der Waals surface area contributed by atoms with Crippen LogP contribution in [0.25, 0.3) is 0 Å². The van der Waals surface area contributed by atoms with Gasteiger partial charge >= 0.3 is 5.97 Å². The molecule has 2 aliphatic rings. The van der Waals surface area contributed by atoms with E-state index in [0.29, 0.717) is 16.9 Å². The molecule has 0 aromatic rings. The summed E-state index contributed by atoms with van der Waals surface area (Å²) in [4.78, 5) is 10.7. The van der Waals surface area contributed by atoms with Gasteiger partial charge in [0.1, 0.15) is 0 Å². The van der Waals surface area contributed by atoms with Crippen molar-refractivity contribution in [3.63, 3.8) is 0 Å². The molecule has 0 unspecified atom stereocenters. The predicted octanol–water partition coefficient (Wildman–Crippen LogP) is 2.06. The highest BCUT2D eigenvalue weighted by atomic mass is 16.4. The van der Waals surface area contributed by atoms with Gasteiger partial charge in [0.05, 0.1) is 0 Å². The molecule has 0 spiro atoms. The molecule has 2 heteroatoms. The Labute approximate surface area is 72.3 Å². The van der Waals surface area contributed by atoms with Gasteiger partial charge in [-0.05, 0) is 30.1 Å². The maximum atomic E-state index is 10.7. The third kappa shape index (κ3) is 0.904. The number of fused-ring (bicyclic) bond motifs is 1. The number of hydrogen-bond donors (Lipinski definition) is 1. The van der Waals surface area contributed by atoms with Crippen LogP contribution < -0.4 is 0 Å². The molecule has 0 saturated heterocycles. The van der Waals surface area contributed by atoms with Gasteiger partial charge in [0.25, 0.3) is 0 Å². The van der Waals surface area contributed by atoms with Crippen LogP contribution in [0.3, 0.4) is 0 Å². The zero-order chi connectivity index (χ0) is 8.93. The van der Waals surface area contributed by atoms with Crippen molar-refractivity contribution in [2.75, 3.05) is 0 Å². The van der Waals surface area contributed by atoms with Crippen LogP contribution in [0.15, 0.2) is 11.6 Å². The zero-order valence-corrected chi connectivity index (χ0v) is 7.50. The molecule has 1 saturated carbocycles. The van der Waals surface area contributed by atoms with Crippen molar-refractivity contribution in [1.82, 2.24) is 0 Å². The minimum atomic E-state index is -0.726. The summed E-state index contributed by atoms with van der Waals surface area (Å²) in [6.45, 7) is 4.47. The van der Waals surface area contributed by atoms with Crippen LogP contribution in [0.2, 0.25) is 0 Å². The molecule has 2 atom stereocenters. The fraction of sp³-hybridized carbons (Fsp3) is 0.700. The minimum absolute atomic E-state index is 0.397. The first kappa shape index (κ1) is 7.84. The molecule has 2 aliphatic carbocycles. The molecule has 1 fully saturated rings. The summed E-state index contributed by atoms with van der Waals surface area (Å²) in [7, 11) is 0. The largest absolute Gasteiger partial charge is 0.478 e. The van der Waals surface area contributed by atoms with Crippen LogP contribution in [-0.4, -0.2) is 11.1 Å². The number of aliphatic carboxylic acids is 1. The monoisotopic (exact) mass is 166 g/mol. The quantitative estimate of drug-likeness (QED) is 0.647. The van der Waals surface area contributed by atoms with E-state index in [1.54, 1.807) is 0 Å². The average molecular weight is 166 g/mol. The second-order valence-electron chi connectivity index (χ2n) is 4.51. The number of hydrogen-bond acceptors (Lipinski definition) is 1. The van der Waals surface area contributed by atoms with Gasteiger partial charge in [0.2, 0.25) is 0 Å². The second kappa shape index (κ2) is 2.12. The van der Waals surface area contributed by atoms with Crippen LogP contribution in [-0.2, 0) is 4.79 Å². The molecule has 0 radical (unpaired) electrons. The molecular weight excluding hydrogens is 152 g/mol. The molecule has 1 N–H and O–H groups in total. The molecule has 0 aromatic carbocycles. The van der Waals surface area contributed by atoms with Crippen LogP contribution in [0.4, 0.5) is 0 Å². The maximum absolute atomic E-state index is 10.7. The van der Waals surface area contributed by atoms with Crippen molar-refractivity contribution in [2.24, 2.45) is 17.3 Å². The third-order valence-corrected chi connectivity index (χ3v) is 3.62. The number of carbonyl (C=O) groups is 1. The third-order valence-electron chi connectivity index (χ3n) is 3.62. The van der Waals surface area contributed by atoms with E-state index < -0.39 is 5.97 Å². The first-order valence-electron chi connectivity index (χ1n) is 4.46. The fourth-order valence-corrected chi connectivity index (χ4v) is 2.49. The lowest BCUT2D eigenvalue weighted by Crippen LogP contribution is -2.05. The number of carboxylic acid groups (broad SMARTS) is 1. The Morgan fingerprint density at radius 2 is 2.25 bits per heavy atom. The number of allylic oxidation sites excluding steroid dienone is 1. The minimum Gasteiger partial charge on any atom is -0.478 e. The Balaban J connectivity index is 2.11. The zero-order valence-electron chi connectivity index (χ0n) is 7.50. The summed E-state index contributed by atoms with van der Waals surface area (Å²) in [5.74, 6) is 0.658. The Bertz CT molecular complexity index is 263. The van der Waals surface area contributed by atoms with E-state index in [0.717, 1.165) is 18.8 Å². The van der Waals surface area contributed by atoms with Crippen LogP contribution in [0, 0.1) is 17.3 Å². The summed E-state index contributed by atoms with van der Waals surface area (Å²) in [6.07, 6.45) is 3.66. The highest BCUT2D eigenvalue weighted by Gasteiger charge is 2.58. The van der Waals surface area contributed by atoms with Crippen LogP contribution >= 0.6 is 0 Å². The Hall–Kier alpha value is -0.790. The van der Waals surface area contributed by atoms with Crippen molar-refractivity contribution in [1.29, 1.82) is 0 Å². The van der Waals surface area contributed by atoms with Gasteiger partial charge < -0.3 is 5.11 Å². The van der Waals surface area contributed by atoms with E-state index in [4.69, 9.17) is 5.11 Å². The summed E-state index contributed by atoms with van der Waals surface area (Å²) in [5.41, 5.74) is 1.02. The van der Waals surface area contributed by atoms with Crippen molar-refractivity contribution < 1.29 is 9.90 Å². The van der Waals surface area contributed by atoms with E-state index in [1.807, 2.05) is 6.08 Å².